The highest BCUT2D eigenvalue weighted by Gasteiger charge is 2.31. The number of anilines is 1. The normalized spacial score (nSPS) is 12.2. The predicted octanol–water partition coefficient (Wildman–Crippen LogP) is 3.65. The van der Waals surface area contributed by atoms with E-state index in [1.165, 1.54) is 24.3 Å². The molecule has 8 heteroatoms. The van der Waals surface area contributed by atoms with E-state index in [1.54, 1.807) is 6.07 Å². The van der Waals surface area contributed by atoms with Crippen LogP contribution in [0.15, 0.2) is 53.4 Å². The average Bonchev–Trinajstić information content (AvgIpc) is 2.37. The van der Waals surface area contributed by atoms with Gasteiger partial charge in [-0.15, -0.1) is 0 Å². The van der Waals surface area contributed by atoms with Crippen LogP contribution in [0.2, 0.25) is 0 Å². The summed E-state index contributed by atoms with van der Waals surface area (Å²) in [5.74, 6) is -1.18. The van der Waals surface area contributed by atoms with Gasteiger partial charge < -0.3 is 0 Å². The van der Waals surface area contributed by atoms with Crippen molar-refractivity contribution in [3.05, 3.63) is 59.9 Å². The molecule has 0 aliphatic carbocycles. The molecule has 0 heterocycles. The molecular weight excluding hydrogens is 310 g/mol. The molecule has 112 valence electrons. The Morgan fingerprint density at radius 1 is 0.952 bits per heavy atom. The zero-order valence-electron chi connectivity index (χ0n) is 10.4. The van der Waals surface area contributed by atoms with Gasteiger partial charge in [-0.3, -0.25) is 4.72 Å². The number of hydrogen-bond donors (Lipinski definition) is 1. The van der Waals surface area contributed by atoms with Crippen molar-refractivity contribution in [2.24, 2.45) is 0 Å². The quantitative estimate of drug-likeness (QED) is 0.878. The van der Waals surface area contributed by atoms with E-state index in [9.17, 15) is 26.0 Å². The van der Waals surface area contributed by atoms with Crippen LogP contribution in [0.4, 0.5) is 23.2 Å². The highest BCUT2D eigenvalue weighted by atomic mass is 32.2. The van der Waals surface area contributed by atoms with Crippen LogP contribution in [-0.2, 0) is 16.2 Å². The average molecular weight is 319 g/mol. The summed E-state index contributed by atoms with van der Waals surface area (Å²) in [7, 11) is -4.08. The van der Waals surface area contributed by atoms with Crippen LogP contribution < -0.4 is 4.72 Å². The summed E-state index contributed by atoms with van der Waals surface area (Å²) in [6.45, 7) is 0. The van der Waals surface area contributed by atoms with E-state index in [1.807, 2.05) is 4.72 Å². The van der Waals surface area contributed by atoms with Gasteiger partial charge in [0.25, 0.3) is 10.0 Å². The molecule has 0 bridgehead atoms. The molecule has 0 aliphatic heterocycles. The SMILES string of the molecule is O=S(=O)(Nc1cc(F)cc(C(F)(F)F)c1)c1ccccc1. The minimum atomic E-state index is -4.77. The van der Waals surface area contributed by atoms with Crippen LogP contribution in [0, 0.1) is 5.82 Å². The van der Waals surface area contributed by atoms with Gasteiger partial charge in [0.15, 0.2) is 0 Å². The van der Waals surface area contributed by atoms with Crippen LogP contribution in [0.1, 0.15) is 5.56 Å². The Morgan fingerprint density at radius 2 is 1.57 bits per heavy atom. The Bertz CT molecular complexity index is 743. The van der Waals surface area contributed by atoms with Crippen molar-refractivity contribution in [1.82, 2.24) is 0 Å². The standard InChI is InChI=1S/C13H9F4NO2S/c14-10-6-9(13(15,16)17)7-11(8-10)18-21(19,20)12-4-2-1-3-5-12/h1-8,18H. The number of nitrogens with one attached hydrogen (secondary N) is 1. The Hall–Kier alpha value is -2.09. The number of hydrogen-bond acceptors (Lipinski definition) is 2. The molecular formula is C13H9F4NO2S. The second-order valence-corrected chi connectivity index (χ2v) is 5.83. The molecule has 0 unspecified atom stereocenters. The van der Waals surface area contributed by atoms with Crippen LogP contribution in [0.3, 0.4) is 0 Å². The van der Waals surface area contributed by atoms with Crippen molar-refractivity contribution in [3.8, 4) is 0 Å². The summed E-state index contributed by atoms with van der Waals surface area (Å²) >= 11 is 0. The third-order valence-corrected chi connectivity index (χ3v) is 3.93. The highest BCUT2D eigenvalue weighted by Crippen LogP contribution is 2.32. The van der Waals surface area contributed by atoms with Crippen molar-refractivity contribution in [1.29, 1.82) is 0 Å². The van der Waals surface area contributed by atoms with E-state index >= 15 is 0 Å². The molecule has 2 rings (SSSR count). The molecule has 0 atom stereocenters. The number of rotatable bonds is 3. The first-order chi connectivity index (χ1) is 9.68. The monoisotopic (exact) mass is 319 g/mol. The van der Waals surface area contributed by atoms with Crippen molar-refractivity contribution in [2.45, 2.75) is 11.1 Å². The van der Waals surface area contributed by atoms with Crippen molar-refractivity contribution in [2.75, 3.05) is 4.72 Å². The molecule has 1 N–H and O–H groups in total. The first-order valence-corrected chi connectivity index (χ1v) is 7.12. The first-order valence-electron chi connectivity index (χ1n) is 5.64. The molecule has 0 saturated heterocycles. The zero-order chi connectivity index (χ0) is 15.7. The van der Waals surface area contributed by atoms with Gasteiger partial charge in [-0.25, -0.2) is 12.8 Å². The molecule has 0 spiro atoms. The van der Waals surface area contributed by atoms with Gasteiger partial charge >= 0.3 is 6.18 Å². The Labute approximate surface area is 118 Å². The minimum absolute atomic E-state index is 0.136. The van der Waals surface area contributed by atoms with Gasteiger partial charge in [0.2, 0.25) is 0 Å². The van der Waals surface area contributed by atoms with Crippen LogP contribution in [0.25, 0.3) is 0 Å². The second kappa shape index (κ2) is 5.36. The smallest absolute Gasteiger partial charge is 0.280 e. The van der Waals surface area contributed by atoms with Crippen LogP contribution in [-0.4, -0.2) is 8.42 Å². The summed E-state index contributed by atoms with van der Waals surface area (Å²) in [5.41, 5.74) is -1.76. The molecule has 0 aliphatic rings. The topological polar surface area (TPSA) is 46.2 Å². The number of halogens is 4. The molecule has 0 radical (unpaired) electrons. The van der Waals surface area contributed by atoms with Gasteiger partial charge in [0.05, 0.1) is 16.1 Å². The van der Waals surface area contributed by atoms with Crippen LogP contribution in [0.5, 0.6) is 0 Å². The summed E-state index contributed by atoms with van der Waals surface area (Å²) < 4.78 is 76.7. The molecule has 3 nitrogen and oxygen atoms in total. The van der Waals surface area contributed by atoms with Gasteiger partial charge in [-0.2, -0.15) is 13.2 Å². The second-order valence-electron chi connectivity index (χ2n) is 4.14. The third kappa shape index (κ3) is 3.72. The molecule has 0 aromatic heterocycles. The Morgan fingerprint density at radius 3 is 2.14 bits per heavy atom. The van der Waals surface area contributed by atoms with Crippen LogP contribution >= 0.6 is 0 Å². The lowest BCUT2D eigenvalue weighted by Gasteiger charge is -2.11. The Balaban J connectivity index is 2.38. The van der Waals surface area contributed by atoms with E-state index in [-0.39, 0.29) is 4.90 Å². The summed E-state index contributed by atoms with van der Waals surface area (Å²) in [4.78, 5) is -0.136. The summed E-state index contributed by atoms with van der Waals surface area (Å²) in [6, 6.07) is 8.55. The zero-order valence-corrected chi connectivity index (χ0v) is 11.2. The van der Waals surface area contributed by atoms with E-state index in [0.29, 0.717) is 18.2 Å². The van der Waals surface area contributed by atoms with E-state index in [2.05, 4.69) is 0 Å². The molecule has 2 aromatic rings. The lowest BCUT2D eigenvalue weighted by atomic mass is 10.2. The third-order valence-electron chi connectivity index (χ3n) is 2.53. The maximum Gasteiger partial charge on any atom is 0.416 e. The fourth-order valence-corrected chi connectivity index (χ4v) is 2.69. The van der Waals surface area contributed by atoms with Gasteiger partial charge in [-0.05, 0) is 30.3 Å². The van der Waals surface area contributed by atoms with Gasteiger partial charge in [-0.1, -0.05) is 18.2 Å². The lowest BCUT2D eigenvalue weighted by Crippen LogP contribution is -2.14. The molecule has 0 saturated carbocycles. The summed E-state index contributed by atoms with van der Waals surface area (Å²) in [6.07, 6.45) is -4.77. The fraction of sp³-hybridized carbons (Fsp3) is 0.0769. The maximum atomic E-state index is 13.2. The molecule has 2 aromatic carbocycles. The first kappa shape index (κ1) is 15.3. The van der Waals surface area contributed by atoms with Crippen molar-refractivity contribution >= 4 is 15.7 Å². The molecule has 0 amide bonds. The van der Waals surface area contributed by atoms with Gasteiger partial charge in [0, 0.05) is 0 Å². The number of sulfonamides is 1. The molecule has 21 heavy (non-hydrogen) atoms. The van der Waals surface area contributed by atoms with Crippen molar-refractivity contribution < 1.29 is 26.0 Å². The van der Waals surface area contributed by atoms with Crippen molar-refractivity contribution in [3.63, 3.8) is 0 Å². The lowest BCUT2D eigenvalue weighted by molar-refractivity contribution is -0.137. The van der Waals surface area contributed by atoms with E-state index in [4.69, 9.17) is 0 Å². The fourth-order valence-electron chi connectivity index (χ4n) is 1.63. The number of alkyl halides is 3. The van der Waals surface area contributed by atoms with E-state index in [0.717, 1.165) is 0 Å². The van der Waals surface area contributed by atoms with E-state index < -0.39 is 33.3 Å². The maximum absolute atomic E-state index is 13.2. The Kier molecular flexibility index (Phi) is 3.91. The van der Waals surface area contributed by atoms with Gasteiger partial charge in [0.1, 0.15) is 5.82 Å². The molecule has 0 fully saturated rings. The number of benzene rings is 2. The highest BCUT2D eigenvalue weighted by molar-refractivity contribution is 7.92. The summed E-state index contributed by atoms with van der Waals surface area (Å²) in [5, 5.41) is 0. The predicted molar refractivity (Wildman–Crippen MR) is 68.7 cm³/mol. The minimum Gasteiger partial charge on any atom is -0.280 e. The largest absolute Gasteiger partial charge is 0.416 e.